The number of benzene rings is 3. The summed E-state index contributed by atoms with van der Waals surface area (Å²) in [5.74, 6) is 0. The molecule has 0 bridgehead atoms. The molecule has 9 heteroatoms. The fourth-order valence-corrected chi connectivity index (χ4v) is 4.24. The maximum Gasteiger partial charge on any atom is 0.446 e. The molecule has 26 heavy (non-hydrogen) atoms. The second kappa shape index (κ2) is 6.81. The zero-order valence-electron chi connectivity index (χ0n) is 12.9. The molecule has 3 rings (SSSR count). The maximum atomic E-state index is 14.6. The van der Waals surface area contributed by atoms with Gasteiger partial charge >= 0.3 is 5.51 Å². The van der Waals surface area contributed by atoms with Crippen molar-refractivity contribution in [2.45, 2.75) is 15.3 Å². The molecule has 3 aromatic carbocycles. The normalized spacial score (nSPS) is 12.3. The lowest BCUT2D eigenvalue weighted by molar-refractivity contribution is -0.0328. The Balaban J connectivity index is 1.96. The van der Waals surface area contributed by atoms with Crippen LogP contribution in [0.3, 0.4) is 0 Å². The number of halogens is 4. The van der Waals surface area contributed by atoms with Crippen molar-refractivity contribution in [3.05, 3.63) is 66.7 Å². The molecule has 3 nitrogen and oxygen atoms in total. The SMILES string of the molecule is O=S(=O)(c1cccc2ccccc12)N(F)c1ccc(SC(F)(F)F)cc1. The van der Waals surface area contributed by atoms with Crippen LogP contribution < -0.4 is 4.53 Å². The Bertz CT molecular complexity index is 1030. The summed E-state index contributed by atoms with van der Waals surface area (Å²) in [4.78, 5) is -0.399. The molecule has 3 aromatic rings. The van der Waals surface area contributed by atoms with E-state index in [1.54, 1.807) is 30.3 Å². The molecule has 0 spiro atoms. The number of sulfonamides is 1. The van der Waals surface area contributed by atoms with E-state index < -0.39 is 20.1 Å². The van der Waals surface area contributed by atoms with E-state index >= 15 is 0 Å². The molecule has 0 radical (unpaired) electrons. The summed E-state index contributed by atoms with van der Waals surface area (Å²) in [6, 6.07) is 15.1. The average molecular weight is 401 g/mol. The molecule has 0 aromatic heterocycles. The van der Waals surface area contributed by atoms with E-state index in [1.807, 2.05) is 0 Å². The minimum atomic E-state index is -4.53. The minimum absolute atomic E-state index is 0.169. The molecule has 0 saturated heterocycles. The molecule has 0 aliphatic carbocycles. The second-order valence-corrected chi connectivity index (χ2v) is 8.09. The van der Waals surface area contributed by atoms with E-state index in [2.05, 4.69) is 0 Å². The van der Waals surface area contributed by atoms with Gasteiger partial charge in [0.25, 0.3) is 10.0 Å². The zero-order chi connectivity index (χ0) is 18.9. The van der Waals surface area contributed by atoms with Crippen LogP contribution in [0.4, 0.5) is 23.3 Å². The molecule has 0 fully saturated rings. The summed E-state index contributed by atoms with van der Waals surface area (Å²) in [7, 11) is -4.53. The third kappa shape index (κ3) is 3.78. The van der Waals surface area contributed by atoms with Gasteiger partial charge in [0.2, 0.25) is 0 Å². The van der Waals surface area contributed by atoms with Crippen LogP contribution in [-0.4, -0.2) is 13.9 Å². The van der Waals surface area contributed by atoms with Gasteiger partial charge in [0, 0.05) is 10.3 Å². The molecule has 0 atom stereocenters. The van der Waals surface area contributed by atoms with Crippen molar-refractivity contribution >= 4 is 38.2 Å². The van der Waals surface area contributed by atoms with Crippen LogP contribution in [0, 0.1) is 0 Å². The number of rotatable bonds is 4. The van der Waals surface area contributed by atoms with Crippen LogP contribution in [0.5, 0.6) is 0 Å². The van der Waals surface area contributed by atoms with Crippen molar-refractivity contribution in [1.82, 2.24) is 0 Å². The smallest absolute Gasteiger partial charge is 0.199 e. The molecule has 136 valence electrons. The van der Waals surface area contributed by atoms with Gasteiger partial charge in [-0.1, -0.05) is 45.4 Å². The van der Waals surface area contributed by atoms with Crippen molar-refractivity contribution in [2.75, 3.05) is 4.53 Å². The van der Waals surface area contributed by atoms with Gasteiger partial charge in [-0.3, -0.25) is 0 Å². The van der Waals surface area contributed by atoms with E-state index in [0.29, 0.717) is 10.8 Å². The van der Waals surface area contributed by atoms with Gasteiger partial charge in [0.1, 0.15) is 0 Å². The van der Waals surface area contributed by atoms with Crippen molar-refractivity contribution in [2.24, 2.45) is 0 Å². The van der Waals surface area contributed by atoms with E-state index in [4.69, 9.17) is 0 Å². The summed E-state index contributed by atoms with van der Waals surface area (Å²) < 4.78 is 76.5. The summed E-state index contributed by atoms with van der Waals surface area (Å²) in [6.45, 7) is 0. The van der Waals surface area contributed by atoms with Gasteiger partial charge in [0.15, 0.2) is 0 Å². The fourth-order valence-electron chi connectivity index (χ4n) is 2.41. The lowest BCUT2D eigenvalue weighted by Gasteiger charge is -2.16. The van der Waals surface area contributed by atoms with Crippen LogP contribution >= 0.6 is 11.8 Å². The first-order valence-electron chi connectivity index (χ1n) is 7.23. The largest absolute Gasteiger partial charge is 0.446 e. The van der Waals surface area contributed by atoms with E-state index in [-0.39, 0.29) is 27.2 Å². The average Bonchev–Trinajstić information content (AvgIpc) is 2.60. The summed E-state index contributed by atoms with van der Waals surface area (Å²) in [5.41, 5.74) is -4.86. The van der Waals surface area contributed by atoms with Gasteiger partial charge in [0.05, 0.1) is 10.6 Å². The van der Waals surface area contributed by atoms with Crippen molar-refractivity contribution < 1.29 is 26.1 Å². The minimum Gasteiger partial charge on any atom is -0.199 e. The first-order chi connectivity index (χ1) is 12.2. The fraction of sp³-hybridized carbons (Fsp3) is 0.0588. The molecular weight excluding hydrogens is 390 g/mol. The molecule has 0 aliphatic rings. The van der Waals surface area contributed by atoms with Crippen molar-refractivity contribution in [3.63, 3.8) is 0 Å². The molecule has 0 amide bonds. The van der Waals surface area contributed by atoms with Gasteiger partial charge in [-0.15, -0.1) is 0 Å². The Morgan fingerprint density at radius 2 is 1.46 bits per heavy atom. The Kier molecular flexibility index (Phi) is 4.85. The molecule has 0 unspecified atom stereocenters. The predicted octanol–water partition coefficient (Wildman–Crippen LogP) is 5.53. The number of anilines is 1. The lowest BCUT2D eigenvalue weighted by Crippen LogP contribution is -2.22. The highest BCUT2D eigenvalue weighted by Gasteiger charge is 2.30. The van der Waals surface area contributed by atoms with Crippen LogP contribution in [0.15, 0.2) is 76.5 Å². The summed E-state index contributed by atoms with van der Waals surface area (Å²) >= 11 is -0.364. The Morgan fingerprint density at radius 3 is 2.12 bits per heavy atom. The Hall–Kier alpha value is -2.26. The van der Waals surface area contributed by atoms with Crippen LogP contribution in [0.2, 0.25) is 0 Å². The molecule has 0 N–H and O–H groups in total. The lowest BCUT2D eigenvalue weighted by atomic mass is 10.1. The van der Waals surface area contributed by atoms with E-state index in [1.165, 1.54) is 12.1 Å². The Morgan fingerprint density at radius 1 is 0.846 bits per heavy atom. The van der Waals surface area contributed by atoms with Crippen molar-refractivity contribution in [3.8, 4) is 0 Å². The molecule has 0 saturated carbocycles. The van der Waals surface area contributed by atoms with E-state index in [0.717, 1.165) is 24.3 Å². The third-order valence-electron chi connectivity index (χ3n) is 3.51. The first kappa shape index (κ1) is 18.5. The monoisotopic (exact) mass is 401 g/mol. The number of thioether (sulfide) groups is 1. The van der Waals surface area contributed by atoms with Gasteiger partial charge in [-0.25, -0.2) is 0 Å². The molecule has 0 aliphatic heterocycles. The molecule has 0 heterocycles. The molecular formula is C17H11F4NO2S2. The zero-order valence-corrected chi connectivity index (χ0v) is 14.6. The standard InChI is InChI=1S/C17H11F4NO2S2/c18-17(19,20)25-14-10-8-13(9-11-14)22(21)26(23,24)16-7-3-5-12-4-1-2-6-15(12)16/h1-11H. The maximum absolute atomic E-state index is 14.6. The topological polar surface area (TPSA) is 37.4 Å². The summed E-state index contributed by atoms with van der Waals surface area (Å²) in [6.07, 6.45) is 0. The van der Waals surface area contributed by atoms with E-state index in [9.17, 15) is 26.1 Å². The predicted molar refractivity (Wildman–Crippen MR) is 93.1 cm³/mol. The van der Waals surface area contributed by atoms with Crippen LogP contribution in [0.25, 0.3) is 10.8 Å². The highest BCUT2D eigenvalue weighted by atomic mass is 32.2. The van der Waals surface area contributed by atoms with Crippen LogP contribution in [-0.2, 0) is 10.0 Å². The number of nitrogens with zero attached hydrogens (tertiary/aromatic N) is 1. The number of alkyl halides is 3. The third-order valence-corrected chi connectivity index (χ3v) is 5.80. The van der Waals surface area contributed by atoms with Gasteiger partial charge in [-0.05, 0) is 47.5 Å². The number of hydrogen-bond acceptors (Lipinski definition) is 3. The van der Waals surface area contributed by atoms with Gasteiger partial charge in [-0.2, -0.15) is 21.6 Å². The quantitative estimate of drug-likeness (QED) is 0.328. The summed E-state index contributed by atoms with van der Waals surface area (Å²) in [5, 5.41) is 0.973. The van der Waals surface area contributed by atoms with Crippen molar-refractivity contribution in [1.29, 1.82) is 0 Å². The van der Waals surface area contributed by atoms with Crippen LogP contribution in [0.1, 0.15) is 0 Å². The highest BCUT2D eigenvalue weighted by molar-refractivity contribution is 8.00. The second-order valence-electron chi connectivity index (χ2n) is 5.24. The Labute approximate surface area is 151 Å². The van der Waals surface area contributed by atoms with Gasteiger partial charge < -0.3 is 0 Å². The number of fused-ring (bicyclic) bond motifs is 1. The first-order valence-corrected chi connectivity index (χ1v) is 9.49. The highest BCUT2D eigenvalue weighted by Crippen LogP contribution is 2.38. The number of hydrogen-bond donors (Lipinski definition) is 0.